The highest BCUT2D eigenvalue weighted by Crippen LogP contribution is 2.17. The molecule has 1 aromatic rings. The zero-order valence-corrected chi connectivity index (χ0v) is 9.38. The lowest BCUT2D eigenvalue weighted by Gasteiger charge is -2.08. The molecular weight excluding hydrogens is 238 g/mol. The highest BCUT2D eigenvalue weighted by Gasteiger charge is 2.27. The quantitative estimate of drug-likeness (QED) is 0.607. The van der Waals surface area contributed by atoms with E-state index in [-0.39, 0.29) is 29.8 Å². The number of anilines is 1. The van der Waals surface area contributed by atoms with Gasteiger partial charge in [-0.3, -0.25) is 19.7 Å². The summed E-state index contributed by atoms with van der Waals surface area (Å²) >= 11 is 0. The molecule has 0 bridgehead atoms. The SMILES string of the molecule is O=C1CC(C(=O)Nc2ccc([N+](=O)[O-])cc2)CN1. The number of nitro benzene ring substituents is 1. The van der Waals surface area contributed by atoms with Crippen LogP contribution in [0.4, 0.5) is 11.4 Å². The van der Waals surface area contributed by atoms with Gasteiger partial charge < -0.3 is 10.6 Å². The van der Waals surface area contributed by atoms with Crippen LogP contribution in [0.1, 0.15) is 6.42 Å². The molecule has 1 aliphatic heterocycles. The number of nitrogens with one attached hydrogen (secondary N) is 2. The van der Waals surface area contributed by atoms with Crippen LogP contribution in [-0.2, 0) is 9.59 Å². The van der Waals surface area contributed by atoms with Gasteiger partial charge in [-0.1, -0.05) is 0 Å². The van der Waals surface area contributed by atoms with Gasteiger partial charge in [0.25, 0.3) is 5.69 Å². The van der Waals surface area contributed by atoms with E-state index in [2.05, 4.69) is 10.6 Å². The van der Waals surface area contributed by atoms with Crippen LogP contribution in [0.3, 0.4) is 0 Å². The standard InChI is InChI=1S/C11H11N3O4/c15-10-5-7(6-12-10)11(16)13-8-1-3-9(4-2-8)14(17)18/h1-4,7H,5-6H2,(H,12,15)(H,13,16). The van der Waals surface area contributed by atoms with E-state index in [1.54, 1.807) is 0 Å². The molecule has 7 heteroatoms. The van der Waals surface area contributed by atoms with Crippen molar-refractivity contribution in [2.75, 3.05) is 11.9 Å². The molecule has 7 nitrogen and oxygen atoms in total. The van der Waals surface area contributed by atoms with E-state index in [9.17, 15) is 19.7 Å². The fourth-order valence-corrected chi connectivity index (χ4v) is 1.70. The summed E-state index contributed by atoms with van der Waals surface area (Å²) in [4.78, 5) is 32.6. The molecule has 1 unspecified atom stereocenters. The number of rotatable bonds is 3. The minimum Gasteiger partial charge on any atom is -0.355 e. The molecule has 0 aromatic heterocycles. The van der Waals surface area contributed by atoms with E-state index in [1.165, 1.54) is 24.3 Å². The number of non-ortho nitro benzene ring substituents is 1. The number of hydrogen-bond donors (Lipinski definition) is 2. The van der Waals surface area contributed by atoms with E-state index >= 15 is 0 Å². The van der Waals surface area contributed by atoms with Gasteiger partial charge >= 0.3 is 0 Å². The molecule has 1 atom stereocenters. The number of amides is 2. The van der Waals surface area contributed by atoms with Gasteiger partial charge in [-0.25, -0.2) is 0 Å². The second kappa shape index (κ2) is 4.82. The van der Waals surface area contributed by atoms with Gasteiger partial charge in [-0.2, -0.15) is 0 Å². The third-order valence-corrected chi connectivity index (χ3v) is 2.69. The van der Waals surface area contributed by atoms with Crippen molar-refractivity contribution >= 4 is 23.2 Å². The fourth-order valence-electron chi connectivity index (χ4n) is 1.70. The average molecular weight is 249 g/mol. The minimum atomic E-state index is -0.509. The van der Waals surface area contributed by atoms with Gasteiger partial charge in [-0.15, -0.1) is 0 Å². The number of carbonyl (C=O) groups is 2. The molecule has 1 saturated heterocycles. The smallest absolute Gasteiger partial charge is 0.269 e. The second-order valence-corrected chi connectivity index (χ2v) is 4.00. The summed E-state index contributed by atoms with van der Waals surface area (Å²) in [6.45, 7) is 0.331. The molecule has 94 valence electrons. The Hall–Kier alpha value is -2.44. The normalized spacial score (nSPS) is 18.2. The lowest BCUT2D eigenvalue weighted by molar-refractivity contribution is -0.384. The summed E-state index contributed by atoms with van der Waals surface area (Å²) < 4.78 is 0. The molecule has 18 heavy (non-hydrogen) atoms. The summed E-state index contributed by atoms with van der Waals surface area (Å²) in [5.41, 5.74) is 0.440. The van der Waals surface area contributed by atoms with Crippen molar-refractivity contribution in [2.45, 2.75) is 6.42 Å². The van der Waals surface area contributed by atoms with Gasteiger partial charge in [0.2, 0.25) is 11.8 Å². The molecule has 0 aliphatic carbocycles. The zero-order valence-electron chi connectivity index (χ0n) is 9.38. The number of nitro groups is 1. The minimum absolute atomic E-state index is 0.0364. The predicted octanol–water partition coefficient (Wildman–Crippen LogP) is 0.669. The van der Waals surface area contributed by atoms with Crippen LogP contribution in [0.15, 0.2) is 24.3 Å². The van der Waals surface area contributed by atoms with E-state index in [0.29, 0.717) is 12.2 Å². The van der Waals surface area contributed by atoms with Crippen LogP contribution in [0.5, 0.6) is 0 Å². The van der Waals surface area contributed by atoms with E-state index in [1.807, 2.05) is 0 Å². The summed E-state index contributed by atoms with van der Waals surface area (Å²) in [5.74, 6) is -0.784. The average Bonchev–Trinajstić information content (AvgIpc) is 2.76. The summed E-state index contributed by atoms with van der Waals surface area (Å²) in [5, 5.41) is 15.6. The molecule has 2 amide bonds. The molecule has 2 rings (SSSR count). The maximum atomic E-state index is 11.7. The number of nitrogens with zero attached hydrogens (tertiary/aromatic N) is 1. The molecule has 0 spiro atoms. The highest BCUT2D eigenvalue weighted by molar-refractivity contribution is 5.97. The molecular formula is C11H11N3O4. The third-order valence-electron chi connectivity index (χ3n) is 2.69. The zero-order chi connectivity index (χ0) is 13.1. The number of hydrogen-bond acceptors (Lipinski definition) is 4. The van der Waals surface area contributed by atoms with Crippen molar-refractivity contribution in [2.24, 2.45) is 5.92 Å². The Bertz CT molecular complexity index is 498. The van der Waals surface area contributed by atoms with Crippen molar-refractivity contribution < 1.29 is 14.5 Å². The van der Waals surface area contributed by atoms with Crippen molar-refractivity contribution in [1.82, 2.24) is 5.32 Å². The van der Waals surface area contributed by atoms with E-state index < -0.39 is 4.92 Å². The molecule has 1 aromatic carbocycles. The van der Waals surface area contributed by atoms with Gasteiger partial charge in [0.05, 0.1) is 10.8 Å². The van der Waals surface area contributed by atoms with Gasteiger partial charge in [0.1, 0.15) is 0 Å². The van der Waals surface area contributed by atoms with Crippen LogP contribution >= 0.6 is 0 Å². The van der Waals surface area contributed by atoms with E-state index in [4.69, 9.17) is 0 Å². The predicted molar refractivity (Wildman–Crippen MR) is 62.8 cm³/mol. The van der Waals surface area contributed by atoms with Crippen molar-refractivity contribution in [3.63, 3.8) is 0 Å². The van der Waals surface area contributed by atoms with Crippen LogP contribution in [0.25, 0.3) is 0 Å². The van der Waals surface area contributed by atoms with Crippen molar-refractivity contribution in [3.05, 3.63) is 34.4 Å². The molecule has 0 radical (unpaired) electrons. The summed E-state index contributed by atoms with van der Waals surface area (Å²) in [6.07, 6.45) is 0.179. The lowest BCUT2D eigenvalue weighted by atomic mass is 10.1. The maximum absolute atomic E-state index is 11.7. The first-order chi connectivity index (χ1) is 8.56. The number of benzene rings is 1. The van der Waals surface area contributed by atoms with E-state index in [0.717, 1.165) is 0 Å². The molecule has 1 fully saturated rings. The topological polar surface area (TPSA) is 101 Å². The molecule has 1 aliphatic rings. The van der Waals surface area contributed by atoms with Crippen LogP contribution in [-0.4, -0.2) is 23.3 Å². The Kier molecular flexibility index (Phi) is 3.22. The molecule has 1 heterocycles. The summed E-state index contributed by atoms with van der Waals surface area (Å²) in [6, 6.07) is 5.54. The van der Waals surface area contributed by atoms with Crippen LogP contribution in [0, 0.1) is 16.0 Å². The Morgan fingerprint density at radius 2 is 2.06 bits per heavy atom. The first kappa shape index (κ1) is 12.0. The van der Waals surface area contributed by atoms with Crippen LogP contribution < -0.4 is 10.6 Å². The summed E-state index contributed by atoms with van der Waals surface area (Å²) in [7, 11) is 0. The number of carbonyl (C=O) groups excluding carboxylic acids is 2. The van der Waals surface area contributed by atoms with Gasteiger partial charge in [-0.05, 0) is 12.1 Å². The highest BCUT2D eigenvalue weighted by atomic mass is 16.6. The second-order valence-electron chi connectivity index (χ2n) is 4.00. The fraction of sp³-hybridized carbons (Fsp3) is 0.273. The Labute approximate surface area is 102 Å². The molecule has 0 saturated carbocycles. The first-order valence-electron chi connectivity index (χ1n) is 5.38. The first-order valence-corrected chi connectivity index (χ1v) is 5.38. The van der Waals surface area contributed by atoms with Gasteiger partial charge in [0, 0.05) is 30.8 Å². The monoisotopic (exact) mass is 249 g/mol. The van der Waals surface area contributed by atoms with Gasteiger partial charge in [0.15, 0.2) is 0 Å². The largest absolute Gasteiger partial charge is 0.355 e. The Morgan fingerprint density at radius 1 is 1.39 bits per heavy atom. The Morgan fingerprint density at radius 3 is 2.56 bits per heavy atom. The molecule has 2 N–H and O–H groups in total. The maximum Gasteiger partial charge on any atom is 0.269 e. The third kappa shape index (κ3) is 2.62. The lowest BCUT2D eigenvalue weighted by Crippen LogP contribution is -2.24. The van der Waals surface area contributed by atoms with Crippen molar-refractivity contribution in [3.8, 4) is 0 Å². The van der Waals surface area contributed by atoms with Crippen molar-refractivity contribution in [1.29, 1.82) is 0 Å². The van der Waals surface area contributed by atoms with Crippen LogP contribution in [0.2, 0.25) is 0 Å². The Balaban J connectivity index is 1.99.